The summed E-state index contributed by atoms with van der Waals surface area (Å²) in [5.74, 6) is 0.271. The minimum atomic E-state index is -0.306. The highest BCUT2D eigenvalue weighted by atomic mass is 16.5. The first kappa shape index (κ1) is 25.8. The van der Waals surface area contributed by atoms with Gasteiger partial charge >= 0.3 is 0 Å². The van der Waals surface area contributed by atoms with Crippen LogP contribution in [0.2, 0.25) is 0 Å². The lowest BCUT2D eigenvalue weighted by Crippen LogP contribution is -2.27. The number of rotatable bonds is 12. The van der Waals surface area contributed by atoms with Crippen LogP contribution in [0.4, 0.5) is 11.4 Å². The van der Waals surface area contributed by atoms with Gasteiger partial charge in [-0.2, -0.15) is 0 Å². The molecule has 0 fully saturated rings. The molecule has 1 aromatic heterocycles. The maximum atomic E-state index is 12.5. The molecule has 0 aliphatic heterocycles. The van der Waals surface area contributed by atoms with Crippen molar-refractivity contribution in [2.45, 2.75) is 19.8 Å². The van der Waals surface area contributed by atoms with E-state index in [0.29, 0.717) is 41.4 Å². The highest BCUT2D eigenvalue weighted by Crippen LogP contribution is 2.22. The van der Waals surface area contributed by atoms with Gasteiger partial charge in [0.2, 0.25) is 0 Å². The van der Waals surface area contributed by atoms with Crippen LogP contribution < -0.4 is 21.1 Å². The Morgan fingerprint density at radius 2 is 1.73 bits per heavy atom. The number of furan rings is 1. The quantitative estimate of drug-likeness (QED) is 0.185. The molecule has 37 heavy (non-hydrogen) atoms. The predicted molar refractivity (Wildman–Crippen MR) is 144 cm³/mol. The smallest absolute Gasteiger partial charge is 0.287 e. The fraction of sp³-hybridized carbons (Fsp3) is 0.241. The van der Waals surface area contributed by atoms with Gasteiger partial charge in [0.15, 0.2) is 5.76 Å². The summed E-state index contributed by atoms with van der Waals surface area (Å²) < 4.78 is 16.9. The van der Waals surface area contributed by atoms with E-state index in [1.54, 1.807) is 54.6 Å². The number of carbonyl (C=O) groups excluding carboxylic acids is 2. The SMILES string of the molecule is CCCOCCc1ccc2oc(C(=O)NCCOc3ccc(C(=O)Nc4ccccc4N)cc3)cc2c1. The van der Waals surface area contributed by atoms with Gasteiger partial charge in [-0.3, -0.25) is 9.59 Å². The summed E-state index contributed by atoms with van der Waals surface area (Å²) in [7, 11) is 0. The van der Waals surface area contributed by atoms with Crippen molar-refractivity contribution in [1.82, 2.24) is 5.32 Å². The van der Waals surface area contributed by atoms with Crippen molar-refractivity contribution in [3.63, 3.8) is 0 Å². The van der Waals surface area contributed by atoms with Crippen LogP contribution in [0.25, 0.3) is 11.0 Å². The normalized spacial score (nSPS) is 10.8. The van der Waals surface area contributed by atoms with Gasteiger partial charge in [-0.25, -0.2) is 0 Å². The molecule has 8 heteroatoms. The molecular formula is C29H31N3O5. The second-order valence-electron chi connectivity index (χ2n) is 8.52. The van der Waals surface area contributed by atoms with Crippen LogP contribution >= 0.6 is 0 Å². The summed E-state index contributed by atoms with van der Waals surface area (Å²) in [5.41, 5.74) is 9.21. The Kier molecular flexibility index (Phi) is 8.78. The van der Waals surface area contributed by atoms with Crippen LogP contribution in [0, 0.1) is 0 Å². The molecule has 0 bridgehead atoms. The van der Waals surface area contributed by atoms with Gasteiger partial charge in [0.1, 0.15) is 17.9 Å². The molecule has 0 atom stereocenters. The first-order valence-corrected chi connectivity index (χ1v) is 12.3. The van der Waals surface area contributed by atoms with E-state index in [1.807, 2.05) is 18.2 Å². The Balaban J connectivity index is 1.22. The molecule has 0 unspecified atom stereocenters. The molecule has 4 N–H and O–H groups in total. The number of anilines is 2. The van der Waals surface area contributed by atoms with Gasteiger partial charge in [0, 0.05) is 17.6 Å². The summed E-state index contributed by atoms with van der Waals surface area (Å²) >= 11 is 0. The third kappa shape index (κ3) is 7.11. The standard InChI is InChI=1S/C29H31N3O5/c1-2-15-35-16-13-20-7-12-26-22(18-20)19-27(37-26)29(34)31-14-17-36-23-10-8-21(9-11-23)28(33)32-25-6-4-3-5-24(25)30/h3-12,18-19H,2,13-17,30H2,1H3,(H,31,34)(H,32,33). The average molecular weight is 502 g/mol. The molecule has 0 aliphatic carbocycles. The van der Waals surface area contributed by atoms with E-state index in [9.17, 15) is 9.59 Å². The van der Waals surface area contributed by atoms with Gasteiger partial charge in [-0.1, -0.05) is 25.1 Å². The van der Waals surface area contributed by atoms with E-state index >= 15 is 0 Å². The second-order valence-corrected chi connectivity index (χ2v) is 8.52. The number of carbonyl (C=O) groups is 2. The summed E-state index contributed by atoms with van der Waals surface area (Å²) in [6, 6.07) is 21.4. The van der Waals surface area contributed by atoms with Crippen LogP contribution in [0.1, 0.15) is 39.8 Å². The zero-order chi connectivity index (χ0) is 26.0. The topological polar surface area (TPSA) is 116 Å². The van der Waals surface area contributed by atoms with Gasteiger partial charge in [0.25, 0.3) is 11.8 Å². The number of hydrogen-bond acceptors (Lipinski definition) is 6. The molecule has 0 aliphatic rings. The molecular weight excluding hydrogens is 470 g/mol. The van der Waals surface area contributed by atoms with Crippen molar-refractivity contribution in [2.75, 3.05) is 37.4 Å². The van der Waals surface area contributed by atoms with Gasteiger partial charge in [-0.05, 0) is 73.0 Å². The molecule has 0 spiro atoms. The number of benzene rings is 3. The predicted octanol–water partition coefficient (Wildman–Crippen LogP) is 5.05. The Labute approximate surface area is 215 Å². The van der Waals surface area contributed by atoms with Gasteiger partial charge in [0.05, 0.1) is 24.5 Å². The first-order valence-electron chi connectivity index (χ1n) is 12.3. The summed E-state index contributed by atoms with van der Waals surface area (Å²) in [5, 5.41) is 6.47. The van der Waals surface area contributed by atoms with Crippen molar-refractivity contribution < 1.29 is 23.5 Å². The Hall–Kier alpha value is -4.30. The summed E-state index contributed by atoms with van der Waals surface area (Å²) in [4.78, 5) is 24.9. The largest absolute Gasteiger partial charge is 0.492 e. The number of amides is 2. The molecule has 2 amide bonds. The number of ether oxygens (including phenoxy) is 2. The van der Waals surface area contributed by atoms with E-state index in [2.05, 4.69) is 17.6 Å². The molecule has 192 valence electrons. The second kappa shape index (κ2) is 12.6. The minimum absolute atomic E-state index is 0.254. The summed E-state index contributed by atoms with van der Waals surface area (Å²) in [6.07, 6.45) is 1.81. The number of fused-ring (bicyclic) bond motifs is 1. The summed E-state index contributed by atoms with van der Waals surface area (Å²) in [6.45, 7) is 4.07. The molecule has 3 aromatic carbocycles. The lowest BCUT2D eigenvalue weighted by molar-refractivity contribution is 0.0920. The van der Waals surface area contributed by atoms with E-state index in [-0.39, 0.29) is 24.2 Å². The Morgan fingerprint density at radius 1 is 0.919 bits per heavy atom. The molecule has 0 saturated heterocycles. The fourth-order valence-electron chi connectivity index (χ4n) is 3.73. The lowest BCUT2D eigenvalue weighted by Gasteiger charge is -2.09. The highest BCUT2D eigenvalue weighted by molar-refractivity contribution is 6.05. The average Bonchev–Trinajstić information content (AvgIpc) is 3.34. The van der Waals surface area contributed by atoms with Crippen LogP contribution in [-0.2, 0) is 11.2 Å². The van der Waals surface area contributed by atoms with E-state index in [4.69, 9.17) is 19.6 Å². The third-order valence-corrected chi connectivity index (χ3v) is 5.67. The first-order chi connectivity index (χ1) is 18.0. The molecule has 1 heterocycles. The maximum absolute atomic E-state index is 12.5. The monoisotopic (exact) mass is 501 g/mol. The molecule has 0 saturated carbocycles. The van der Waals surface area contributed by atoms with E-state index in [0.717, 1.165) is 30.4 Å². The van der Waals surface area contributed by atoms with Crippen LogP contribution in [0.15, 0.2) is 77.2 Å². The van der Waals surface area contributed by atoms with Crippen LogP contribution in [0.3, 0.4) is 0 Å². The van der Waals surface area contributed by atoms with Crippen molar-refractivity contribution in [2.24, 2.45) is 0 Å². The molecule has 4 rings (SSSR count). The Morgan fingerprint density at radius 3 is 2.51 bits per heavy atom. The zero-order valence-corrected chi connectivity index (χ0v) is 20.8. The number of nitrogen functional groups attached to an aromatic ring is 1. The molecule has 0 radical (unpaired) electrons. The zero-order valence-electron chi connectivity index (χ0n) is 20.8. The number of nitrogens with two attached hydrogens (primary N) is 1. The number of hydrogen-bond donors (Lipinski definition) is 3. The molecule has 8 nitrogen and oxygen atoms in total. The van der Waals surface area contributed by atoms with E-state index < -0.39 is 0 Å². The lowest BCUT2D eigenvalue weighted by atomic mass is 10.1. The van der Waals surface area contributed by atoms with Gasteiger partial charge in [-0.15, -0.1) is 0 Å². The fourth-order valence-corrected chi connectivity index (χ4v) is 3.73. The van der Waals surface area contributed by atoms with Crippen molar-refractivity contribution >= 4 is 34.2 Å². The molecule has 4 aromatic rings. The minimum Gasteiger partial charge on any atom is -0.492 e. The highest BCUT2D eigenvalue weighted by Gasteiger charge is 2.13. The van der Waals surface area contributed by atoms with Gasteiger partial charge < -0.3 is 30.3 Å². The van der Waals surface area contributed by atoms with E-state index in [1.165, 1.54) is 0 Å². The van der Waals surface area contributed by atoms with Crippen molar-refractivity contribution in [3.05, 3.63) is 89.7 Å². The van der Waals surface area contributed by atoms with Crippen molar-refractivity contribution in [1.29, 1.82) is 0 Å². The van der Waals surface area contributed by atoms with Crippen molar-refractivity contribution in [3.8, 4) is 5.75 Å². The maximum Gasteiger partial charge on any atom is 0.287 e. The van der Waals surface area contributed by atoms with Crippen LogP contribution in [-0.4, -0.2) is 38.2 Å². The third-order valence-electron chi connectivity index (χ3n) is 5.67. The number of nitrogens with one attached hydrogen (secondary N) is 2. The Bertz CT molecular complexity index is 1350. The number of para-hydroxylation sites is 2. The van der Waals surface area contributed by atoms with Crippen LogP contribution in [0.5, 0.6) is 5.75 Å².